The fourth-order valence-corrected chi connectivity index (χ4v) is 3.63. The molecule has 1 atom stereocenters. The van der Waals surface area contributed by atoms with Crippen molar-refractivity contribution in [2.45, 2.75) is 6.04 Å². The Bertz CT molecular complexity index is 1040. The van der Waals surface area contributed by atoms with E-state index in [-0.39, 0.29) is 24.5 Å². The SMILES string of the molecule is COC(=O)CN[C@H](c1ccccc1)c1cc(Br)ccc1NC(=O)c1ccccc1Cl. The monoisotopic (exact) mass is 486 g/mol. The van der Waals surface area contributed by atoms with E-state index in [4.69, 9.17) is 16.3 Å². The van der Waals surface area contributed by atoms with Crippen molar-refractivity contribution in [3.63, 3.8) is 0 Å². The van der Waals surface area contributed by atoms with Gasteiger partial charge in [0.25, 0.3) is 5.91 Å². The topological polar surface area (TPSA) is 67.4 Å². The van der Waals surface area contributed by atoms with E-state index in [1.165, 1.54) is 7.11 Å². The molecule has 0 aliphatic carbocycles. The third-order valence-electron chi connectivity index (χ3n) is 4.50. The molecular formula is C23H20BrClN2O3. The van der Waals surface area contributed by atoms with Crippen molar-refractivity contribution in [2.24, 2.45) is 0 Å². The summed E-state index contributed by atoms with van der Waals surface area (Å²) in [7, 11) is 1.34. The van der Waals surface area contributed by atoms with Gasteiger partial charge in [0.1, 0.15) is 0 Å². The van der Waals surface area contributed by atoms with Crippen LogP contribution in [0, 0.1) is 0 Å². The van der Waals surface area contributed by atoms with Gasteiger partial charge in [-0.2, -0.15) is 0 Å². The molecule has 154 valence electrons. The van der Waals surface area contributed by atoms with E-state index >= 15 is 0 Å². The molecular weight excluding hydrogens is 468 g/mol. The van der Waals surface area contributed by atoms with Gasteiger partial charge in [0.2, 0.25) is 0 Å². The first-order valence-corrected chi connectivity index (χ1v) is 10.4. The summed E-state index contributed by atoms with van der Waals surface area (Å²) in [5.74, 6) is -0.698. The van der Waals surface area contributed by atoms with Crippen LogP contribution in [0.2, 0.25) is 5.02 Å². The highest BCUT2D eigenvalue weighted by molar-refractivity contribution is 9.10. The van der Waals surface area contributed by atoms with Crippen molar-refractivity contribution in [3.8, 4) is 0 Å². The average Bonchev–Trinajstić information content (AvgIpc) is 2.76. The molecule has 1 amide bonds. The standard InChI is InChI=1S/C23H20BrClN2O3/c1-30-21(28)14-26-22(15-7-3-2-4-8-15)18-13-16(24)11-12-20(18)27-23(29)17-9-5-6-10-19(17)25/h2-13,22,26H,14H2,1H3,(H,27,29)/t22-/m1/s1. The van der Waals surface area contributed by atoms with Crippen LogP contribution in [0.25, 0.3) is 0 Å². The molecule has 7 heteroatoms. The highest BCUT2D eigenvalue weighted by Crippen LogP contribution is 2.32. The lowest BCUT2D eigenvalue weighted by Gasteiger charge is -2.23. The molecule has 3 rings (SSSR count). The van der Waals surface area contributed by atoms with E-state index in [1.54, 1.807) is 24.3 Å². The molecule has 5 nitrogen and oxygen atoms in total. The van der Waals surface area contributed by atoms with Crippen LogP contribution in [-0.2, 0) is 9.53 Å². The van der Waals surface area contributed by atoms with Gasteiger partial charge in [0, 0.05) is 10.2 Å². The number of carbonyl (C=O) groups is 2. The minimum absolute atomic E-state index is 0.0144. The number of nitrogens with one attached hydrogen (secondary N) is 2. The lowest BCUT2D eigenvalue weighted by Crippen LogP contribution is -2.30. The van der Waals surface area contributed by atoms with Crippen LogP contribution >= 0.6 is 27.5 Å². The van der Waals surface area contributed by atoms with Gasteiger partial charge in [-0.25, -0.2) is 0 Å². The molecule has 0 saturated carbocycles. The smallest absolute Gasteiger partial charge is 0.319 e. The Morgan fingerprint density at radius 1 is 1.03 bits per heavy atom. The van der Waals surface area contributed by atoms with E-state index in [1.807, 2.05) is 48.5 Å². The predicted octanol–water partition coefficient (Wildman–Crippen LogP) is 5.21. The van der Waals surface area contributed by atoms with Gasteiger partial charge < -0.3 is 10.1 Å². The maximum absolute atomic E-state index is 12.8. The van der Waals surface area contributed by atoms with Gasteiger partial charge in [0.05, 0.1) is 30.3 Å². The van der Waals surface area contributed by atoms with E-state index in [0.717, 1.165) is 15.6 Å². The molecule has 0 spiro atoms. The number of rotatable bonds is 7. The van der Waals surface area contributed by atoms with Crippen molar-refractivity contribution in [2.75, 3.05) is 19.0 Å². The number of hydrogen-bond acceptors (Lipinski definition) is 4. The zero-order valence-electron chi connectivity index (χ0n) is 16.2. The number of ether oxygens (including phenoxy) is 1. The maximum atomic E-state index is 12.8. The summed E-state index contributed by atoms with van der Waals surface area (Å²) in [6, 6.07) is 21.7. The predicted molar refractivity (Wildman–Crippen MR) is 122 cm³/mol. The highest BCUT2D eigenvalue weighted by atomic mass is 79.9. The molecule has 0 bridgehead atoms. The number of carbonyl (C=O) groups excluding carboxylic acids is 2. The number of methoxy groups -OCH3 is 1. The number of hydrogen-bond donors (Lipinski definition) is 2. The first-order chi connectivity index (χ1) is 14.5. The number of halogens is 2. The van der Waals surface area contributed by atoms with Crippen LogP contribution < -0.4 is 10.6 Å². The normalized spacial score (nSPS) is 11.6. The van der Waals surface area contributed by atoms with E-state index in [9.17, 15) is 9.59 Å². The molecule has 0 heterocycles. The molecule has 0 radical (unpaired) electrons. The van der Waals surface area contributed by atoms with Gasteiger partial charge in [-0.3, -0.25) is 14.9 Å². The minimum atomic E-state index is -0.382. The molecule has 30 heavy (non-hydrogen) atoms. The quantitative estimate of drug-likeness (QED) is 0.449. The van der Waals surface area contributed by atoms with Crippen molar-refractivity contribution in [1.29, 1.82) is 0 Å². The van der Waals surface area contributed by atoms with Gasteiger partial charge in [-0.05, 0) is 41.5 Å². The maximum Gasteiger partial charge on any atom is 0.319 e. The second-order valence-corrected chi connectivity index (χ2v) is 7.79. The second kappa shape index (κ2) is 10.4. The molecule has 2 N–H and O–H groups in total. The molecule has 0 fully saturated rings. The van der Waals surface area contributed by atoms with Crippen LogP contribution in [0.5, 0.6) is 0 Å². The molecule has 0 aliphatic heterocycles. The Morgan fingerprint density at radius 3 is 2.43 bits per heavy atom. The molecule has 0 aromatic heterocycles. The molecule has 3 aromatic rings. The molecule has 0 saturated heterocycles. The Kier molecular flexibility index (Phi) is 7.63. The summed E-state index contributed by atoms with van der Waals surface area (Å²) in [4.78, 5) is 24.6. The zero-order chi connectivity index (χ0) is 21.5. The Labute approximate surface area is 188 Å². The van der Waals surface area contributed by atoms with E-state index in [2.05, 4.69) is 26.6 Å². The highest BCUT2D eigenvalue weighted by Gasteiger charge is 2.21. The summed E-state index contributed by atoms with van der Waals surface area (Å²) in [5, 5.41) is 6.54. The van der Waals surface area contributed by atoms with Crippen molar-refractivity contribution in [3.05, 3.63) is 99.0 Å². The van der Waals surface area contributed by atoms with Crippen molar-refractivity contribution < 1.29 is 14.3 Å². The summed E-state index contributed by atoms with van der Waals surface area (Å²) in [6.07, 6.45) is 0. The largest absolute Gasteiger partial charge is 0.468 e. The Balaban J connectivity index is 1.99. The molecule has 0 unspecified atom stereocenters. The van der Waals surface area contributed by atoms with Gasteiger partial charge in [0.15, 0.2) is 0 Å². The van der Waals surface area contributed by atoms with Crippen LogP contribution in [0.3, 0.4) is 0 Å². The van der Waals surface area contributed by atoms with Gasteiger partial charge >= 0.3 is 5.97 Å². The van der Waals surface area contributed by atoms with Crippen molar-refractivity contribution >= 4 is 45.1 Å². The first kappa shape index (κ1) is 22.0. The Morgan fingerprint density at radius 2 is 1.73 bits per heavy atom. The van der Waals surface area contributed by atoms with Crippen LogP contribution in [0.4, 0.5) is 5.69 Å². The Hall–Kier alpha value is -2.67. The van der Waals surface area contributed by atoms with Crippen LogP contribution in [0.1, 0.15) is 27.5 Å². The lowest BCUT2D eigenvalue weighted by atomic mass is 9.96. The summed E-state index contributed by atoms with van der Waals surface area (Å²) in [5.41, 5.74) is 2.72. The number of benzene rings is 3. The summed E-state index contributed by atoms with van der Waals surface area (Å²) >= 11 is 9.68. The van der Waals surface area contributed by atoms with Crippen LogP contribution in [-0.4, -0.2) is 25.5 Å². The number of amides is 1. The summed E-state index contributed by atoms with van der Waals surface area (Å²) < 4.78 is 5.61. The minimum Gasteiger partial charge on any atom is -0.468 e. The first-order valence-electron chi connectivity index (χ1n) is 9.20. The average molecular weight is 488 g/mol. The van der Waals surface area contributed by atoms with E-state index < -0.39 is 0 Å². The number of anilines is 1. The number of esters is 1. The zero-order valence-corrected chi connectivity index (χ0v) is 18.5. The fraction of sp³-hybridized carbons (Fsp3) is 0.130. The molecule has 3 aromatic carbocycles. The fourth-order valence-electron chi connectivity index (χ4n) is 3.03. The van der Waals surface area contributed by atoms with Crippen LogP contribution in [0.15, 0.2) is 77.3 Å². The molecule has 0 aliphatic rings. The van der Waals surface area contributed by atoms with Crippen molar-refractivity contribution in [1.82, 2.24) is 5.32 Å². The second-order valence-electron chi connectivity index (χ2n) is 6.47. The third kappa shape index (κ3) is 5.48. The third-order valence-corrected chi connectivity index (χ3v) is 5.33. The lowest BCUT2D eigenvalue weighted by molar-refractivity contribution is -0.139. The van der Waals surface area contributed by atoms with Gasteiger partial charge in [-0.15, -0.1) is 0 Å². The van der Waals surface area contributed by atoms with E-state index in [0.29, 0.717) is 16.3 Å². The van der Waals surface area contributed by atoms with Gasteiger partial charge in [-0.1, -0.05) is 70.0 Å². The summed E-state index contributed by atoms with van der Waals surface area (Å²) in [6.45, 7) is 0.0144.